The lowest BCUT2D eigenvalue weighted by Gasteiger charge is -2.36. The molecule has 2 heterocycles. The van der Waals surface area contributed by atoms with Crippen LogP contribution in [0.3, 0.4) is 0 Å². The summed E-state index contributed by atoms with van der Waals surface area (Å²) in [4.78, 5) is 47.7. The molecule has 2 amide bonds. The fraction of sp³-hybridized carbons (Fsp3) is 0.643. The molecule has 2 N–H and O–H groups in total. The van der Waals surface area contributed by atoms with Gasteiger partial charge in [-0.15, -0.1) is 0 Å². The molecule has 0 saturated carbocycles. The molecular weight excluding hydrogens is 522 g/mol. The summed E-state index contributed by atoms with van der Waals surface area (Å²) >= 11 is 0. The van der Waals surface area contributed by atoms with Gasteiger partial charge in [-0.1, -0.05) is 26.8 Å². The summed E-state index contributed by atoms with van der Waals surface area (Å²) in [6, 6.07) is 5.12. The van der Waals surface area contributed by atoms with Gasteiger partial charge in [0.2, 0.25) is 11.8 Å². The SMILES string of the molecule is CC(OCCOCCOCCOCC(=O)O)C(c1ccc2c(c1)n(C)c(=O)n2C1CCC(=O)NC1=O)C(C)(C)C. The molecule has 3 rings (SSSR count). The molecule has 1 fully saturated rings. The van der Waals surface area contributed by atoms with Gasteiger partial charge in [0.15, 0.2) is 0 Å². The van der Waals surface area contributed by atoms with E-state index in [-0.39, 0.29) is 55.1 Å². The molecule has 0 aliphatic carbocycles. The number of nitrogens with zero attached hydrogens (tertiary/aromatic N) is 2. The largest absolute Gasteiger partial charge is 0.480 e. The van der Waals surface area contributed by atoms with Crippen LogP contribution >= 0.6 is 0 Å². The van der Waals surface area contributed by atoms with E-state index in [1.807, 2.05) is 25.1 Å². The standard InChI is InChI=1S/C28H41N3O9/c1-18(40-15-14-38-11-10-37-12-13-39-17-24(33)34)25(28(2,3)4)19-6-7-20-22(16-19)30(5)27(36)31(20)21-8-9-23(32)29-26(21)35/h6-7,16,18,21,25H,8-15,17H2,1-5H3,(H,33,34)(H,29,32,35). The van der Waals surface area contributed by atoms with Crippen LogP contribution in [0, 0.1) is 5.41 Å². The zero-order chi connectivity index (χ0) is 29.4. The van der Waals surface area contributed by atoms with Crippen molar-refractivity contribution >= 4 is 28.8 Å². The van der Waals surface area contributed by atoms with Gasteiger partial charge in [-0.25, -0.2) is 9.59 Å². The highest BCUT2D eigenvalue weighted by molar-refractivity contribution is 6.00. The van der Waals surface area contributed by atoms with Crippen LogP contribution in [-0.2, 0) is 40.4 Å². The average Bonchev–Trinajstić information content (AvgIpc) is 3.11. The Labute approximate surface area is 233 Å². The third-order valence-corrected chi connectivity index (χ3v) is 6.97. The number of rotatable bonds is 15. The summed E-state index contributed by atoms with van der Waals surface area (Å²) in [7, 11) is 1.69. The molecule has 40 heavy (non-hydrogen) atoms. The predicted octanol–water partition coefficient (Wildman–Crippen LogP) is 1.99. The zero-order valence-corrected chi connectivity index (χ0v) is 23.9. The van der Waals surface area contributed by atoms with Crippen LogP contribution in [0.15, 0.2) is 23.0 Å². The number of carboxylic acids is 1. The number of amides is 2. The minimum absolute atomic E-state index is 0.0000819. The number of carbonyl (C=O) groups excluding carboxylic acids is 2. The lowest BCUT2D eigenvalue weighted by Crippen LogP contribution is -2.44. The maximum Gasteiger partial charge on any atom is 0.329 e. The number of nitrogens with one attached hydrogen (secondary N) is 1. The third-order valence-electron chi connectivity index (χ3n) is 6.97. The van der Waals surface area contributed by atoms with Crippen molar-refractivity contribution < 1.29 is 38.4 Å². The second-order valence-corrected chi connectivity index (χ2v) is 11.0. The van der Waals surface area contributed by atoms with Crippen molar-refractivity contribution in [2.45, 2.75) is 58.6 Å². The second kappa shape index (κ2) is 14.0. The first-order chi connectivity index (χ1) is 18.9. The number of ether oxygens (including phenoxy) is 4. The highest BCUT2D eigenvalue weighted by atomic mass is 16.6. The fourth-order valence-electron chi connectivity index (χ4n) is 5.27. The molecule has 1 aliphatic rings. The Morgan fingerprint density at radius 3 is 2.25 bits per heavy atom. The Kier molecular flexibility index (Phi) is 11.0. The summed E-state index contributed by atoms with van der Waals surface area (Å²) in [5.41, 5.74) is 1.92. The quantitative estimate of drug-likeness (QED) is 0.245. The number of imide groups is 1. The minimum Gasteiger partial charge on any atom is -0.480 e. The van der Waals surface area contributed by atoms with Gasteiger partial charge in [0.1, 0.15) is 12.6 Å². The topological polar surface area (TPSA) is 147 Å². The Bertz CT molecular complexity index is 1240. The molecule has 222 valence electrons. The molecule has 12 heteroatoms. The normalized spacial score (nSPS) is 17.7. The van der Waals surface area contributed by atoms with Gasteiger partial charge in [-0.2, -0.15) is 0 Å². The number of hydrogen-bond donors (Lipinski definition) is 2. The maximum atomic E-state index is 13.2. The lowest BCUT2D eigenvalue weighted by molar-refractivity contribution is -0.143. The monoisotopic (exact) mass is 563 g/mol. The maximum absolute atomic E-state index is 13.2. The van der Waals surface area contributed by atoms with E-state index < -0.39 is 17.9 Å². The van der Waals surface area contributed by atoms with Crippen LogP contribution < -0.4 is 11.0 Å². The predicted molar refractivity (Wildman–Crippen MR) is 146 cm³/mol. The van der Waals surface area contributed by atoms with Crippen LogP contribution in [0.1, 0.15) is 58.1 Å². The molecule has 12 nitrogen and oxygen atoms in total. The van der Waals surface area contributed by atoms with Crippen molar-refractivity contribution in [3.05, 3.63) is 34.2 Å². The molecular formula is C28H41N3O9. The van der Waals surface area contributed by atoms with Gasteiger partial charge < -0.3 is 24.1 Å². The van der Waals surface area contributed by atoms with Gasteiger partial charge in [0, 0.05) is 19.4 Å². The van der Waals surface area contributed by atoms with E-state index in [0.29, 0.717) is 44.1 Å². The summed E-state index contributed by atoms with van der Waals surface area (Å²) < 4.78 is 25.0. The van der Waals surface area contributed by atoms with E-state index in [1.165, 1.54) is 4.57 Å². The molecule has 1 aliphatic heterocycles. The molecule has 1 saturated heterocycles. The van der Waals surface area contributed by atoms with Crippen LogP contribution in [0.25, 0.3) is 11.0 Å². The molecule has 1 aromatic carbocycles. The highest BCUT2D eigenvalue weighted by Crippen LogP contribution is 2.40. The smallest absolute Gasteiger partial charge is 0.329 e. The number of imidazole rings is 1. The van der Waals surface area contributed by atoms with E-state index in [2.05, 4.69) is 26.1 Å². The Morgan fingerprint density at radius 2 is 1.65 bits per heavy atom. The molecule has 3 atom stereocenters. The van der Waals surface area contributed by atoms with Crippen LogP contribution in [-0.4, -0.2) is 84.4 Å². The summed E-state index contributed by atoms with van der Waals surface area (Å²) in [5, 5.41) is 10.9. The van der Waals surface area contributed by atoms with Crippen LogP contribution in [0.5, 0.6) is 0 Å². The van der Waals surface area contributed by atoms with Gasteiger partial charge in [0.25, 0.3) is 0 Å². The fourth-order valence-corrected chi connectivity index (χ4v) is 5.27. The molecule has 3 unspecified atom stereocenters. The van der Waals surface area contributed by atoms with Crippen LogP contribution in [0.4, 0.5) is 0 Å². The number of carbonyl (C=O) groups is 3. The number of aromatic nitrogens is 2. The molecule has 1 aromatic heterocycles. The number of hydrogen-bond acceptors (Lipinski definition) is 8. The Morgan fingerprint density at radius 1 is 1.02 bits per heavy atom. The first-order valence-electron chi connectivity index (χ1n) is 13.5. The first-order valence-corrected chi connectivity index (χ1v) is 13.5. The number of benzene rings is 1. The minimum atomic E-state index is -1.01. The first kappa shape index (κ1) is 31.5. The van der Waals surface area contributed by atoms with E-state index in [9.17, 15) is 19.2 Å². The summed E-state index contributed by atoms with van der Waals surface area (Å²) in [5.74, 6) is -1.79. The molecule has 0 spiro atoms. The summed E-state index contributed by atoms with van der Waals surface area (Å²) in [6.07, 6.45) is 0.326. The van der Waals surface area contributed by atoms with E-state index in [1.54, 1.807) is 11.6 Å². The zero-order valence-electron chi connectivity index (χ0n) is 23.9. The molecule has 2 aromatic rings. The van der Waals surface area contributed by atoms with E-state index >= 15 is 0 Å². The van der Waals surface area contributed by atoms with Crippen molar-refractivity contribution in [1.82, 2.24) is 14.5 Å². The number of aryl methyl sites for hydroxylation is 1. The highest BCUT2D eigenvalue weighted by Gasteiger charge is 2.34. The third kappa shape index (κ3) is 8.00. The number of carboxylic acid groups (broad SMARTS) is 1. The second-order valence-electron chi connectivity index (χ2n) is 11.0. The molecule has 0 radical (unpaired) electrons. The average molecular weight is 564 g/mol. The van der Waals surface area contributed by atoms with Crippen molar-refractivity contribution in [2.75, 3.05) is 46.2 Å². The van der Waals surface area contributed by atoms with Gasteiger partial charge >= 0.3 is 11.7 Å². The lowest BCUT2D eigenvalue weighted by atomic mass is 9.73. The van der Waals surface area contributed by atoms with Crippen molar-refractivity contribution in [1.29, 1.82) is 0 Å². The van der Waals surface area contributed by atoms with Crippen molar-refractivity contribution in [3.63, 3.8) is 0 Å². The Balaban J connectivity index is 1.61. The summed E-state index contributed by atoms with van der Waals surface area (Å²) in [6.45, 7) is 10.1. The number of fused-ring (bicyclic) bond motifs is 1. The molecule has 0 bridgehead atoms. The van der Waals surface area contributed by atoms with Crippen molar-refractivity contribution in [3.8, 4) is 0 Å². The van der Waals surface area contributed by atoms with Gasteiger partial charge in [0.05, 0.1) is 56.8 Å². The Hall–Kier alpha value is -3.06. The van der Waals surface area contributed by atoms with E-state index in [0.717, 1.165) is 5.56 Å². The van der Waals surface area contributed by atoms with Crippen LogP contribution in [0.2, 0.25) is 0 Å². The number of piperidine rings is 1. The number of aliphatic carboxylic acids is 1. The van der Waals surface area contributed by atoms with Crippen molar-refractivity contribution in [2.24, 2.45) is 12.5 Å². The van der Waals surface area contributed by atoms with Gasteiger partial charge in [-0.3, -0.25) is 24.0 Å². The van der Waals surface area contributed by atoms with Gasteiger partial charge in [-0.05, 0) is 36.5 Å². The van der Waals surface area contributed by atoms with E-state index in [4.69, 9.17) is 24.1 Å².